The van der Waals surface area contributed by atoms with Gasteiger partial charge in [-0.3, -0.25) is 4.55 Å². The van der Waals surface area contributed by atoms with E-state index in [9.17, 15) is 0 Å². The normalized spacial score (nSPS) is 8.78. The maximum absolute atomic E-state index is 8.63. The molecule has 9 heavy (non-hydrogen) atoms. The Kier molecular flexibility index (Phi) is 16.4. The van der Waals surface area contributed by atoms with Crippen molar-refractivity contribution in [2.24, 2.45) is 0 Å². The molecule has 0 rings (SSSR count). The average Bonchev–Trinajstić information content (AvgIpc) is 1.27. The summed E-state index contributed by atoms with van der Waals surface area (Å²) in [6, 6.07) is 0. The van der Waals surface area contributed by atoms with E-state index in [0.29, 0.717) is 0 Å². The molecule has 0 radical (unpaired) electrons. The van der Waals surface area contributed by atoms with Gasteiger partial charge in [0.25, 0.3) is 0 Å². The van der Waals surface area contributed by atoms with Crippen LogP contribution in [0, 0.1) is 0 Å². The van der Waals surface area contributed by atoms with E-state index in [-0.39, 0.29) is 29.6 Å². The quantitative estimate of drug-likeness (QED) is 0.172. The molecule has 50 valence electrons. The minimum atomic E-state index is -4.92. The van der Waals surface area contributed by atoms with Crippen LogP contribution in [-0.2, 0) is 15.0 Å². The van der Waals surface area contributed by atoms with E-state index in [0.717, 1.165) is 0 Å². The molecule has 0 aliphatic carbocycles. The summed E-state index contributed by atoms with van der Waals surface area (Å²) in [7, 11) is -5.75. The standard InChI is InChI=1S/Na.H2O4S.HO2P/c;1-5(2,3)4;1-3-2/h;(H2,1,2,3,4);(H,1,2)/q+1;;/p-1. The zero-order valence-electron chi connectivity index (χ0n) is 4.38. The first-order valence-corrected chi connectivity index (χ1v) is 3.20. The number of rotatable bonds is 0. The Balaban J connectivity index is -0.0000000800. The molecule has 6 nitrogen and oxygen atoms in total. The number of hydrogen-bond acceptors (Lipinski definition) is 4. The molecule has 0 aromatic rings. The van der Waals surface area contributed by atoms with Crippen molar-refractivity contribution in [1.29, 1.82) is 0 Å². The van der Waals surface area contributed by atoms with Crippen LogP contribution in [0.15, 0.2) is 0 Å². The van der Waals surface area contributed by atoms with Crippen LogP contribution >= 0.6 is 8.69 Å². The molecular weight excluding hydrogens is 182 g/mol. The second kappa shape index (κ2) is 8.93. The van der Waals surface area contributed by atoms with E-state index < -0.39 is 19.1 Å². The molecule has 0 unspecified atom stereocenters. The summed E-state index contributed by atoms with van der Waals surface area (Å²) in [6.45, 7) is 0. The first-order valence-electron chi connectivity index (χ1n) is 1.07. The van der Waals surface area contributed by atoms with Crippen molar-refractivity contribution >= 4 is 19.1 Å². The summed E-state index contributed by atoms with van der Waals surface area (Å²) in [6.07, 6.45) is 0. The second-order valence-electron chi connectivity index (χ2n) is 0.509. The largest absolute Gasteiger partial charge is 1.00 e. The third-order valence-corrected chi connectivity index (χ3v) is 0. The van der Waals surface area contributed by atoms with Gasteiger partial charge in [0.2, 0.25) is 10.4 Å². The maximum Gasteiger partial charge on any atom is 1.00 e. The molecule has 0 fully saturated rings. The van der Waals surface area contributed by atoms with Gasteiger partial charge in [-0.05, 0) is 0 Å². The average molecular weight is 184 g/mol. The van der Waals surface area contributed by atoms with Crippen molar-refractivity contribution < 1.29 is 56.5 Å². The van der Waals surface area contributed by atoms with E-state index in [1.54, 1.807) is 0 Å². The fourth-order valence-corrected chi connectivity index (χ4v) is 0. The zero-order valence-corrected chi connectivity index (χ0v) is 8.09. The van der Waals surface area contributed by atoms with Gasteiger partial charge in [-0.1, -0.05) is 0 Å². The fraction of sp³-hybridized carbons (Fsp3) is 0. The Morgan fingerprint density at radius 2 is 1.44 bits per heavy atom. The molecule has 0 aliphatic rings. The summed E-state index contributed by atoms with van der Waals surface area (Å²) in [4.78, 5) is 6.99. The molecule has 0 bridgehead atoms. The predicted octanol–water partition coefficient (Wildman–Crippen LogP) is -3.81. The minimum Gasteiger partial charge on any atom is -0.726 e. The van der Waals surface area contributed by atoms with Crippen molar-refractivity contribution in [3.63, 3.8) is 0 Å². The Hall–Kier alpha value is 0.930. The maximum atomic E-state index is 8.63. The van der Waals surface area contributed by atoms with E-state index in [1.807, 2.05) is 0 Å². The van der Waals surface area contributed by atoms with Gasteiger partial charge >= 0.3 is 38.2 Å². The molecule has 0 atom stereocenters. The van der Waals surface area contributed by atoms with Crippen LogP contribution in [0.1, 0.15) is 0 Å². The van der Waals surface area contributed by atoms with E-state index in [1.165, 1.54) is 0 Å². The Bertz CT molecular complexity index is 127. The first kappa shape index (κ1) is 16.5. The van der Waals surface area contributed by atoms with Gasteiger partial charge < -0.3 is 9.45 Å². The van der Waals surface area contributed by atoms with Gasteiger partial charge in [0.15, 0.2) is 0 Å². The summed E-state index contributed by atoms with van der Waals surface area (Å²) in [5.74, 6) is 0. The van der Waals surface area contributed by atoms with Gasteiger partial charge in [0.05, 0.1) is 0 Å². The molecule has 0 aromatic carbocycles. The van der Waals surface area contributed by atoms with Crippen molar-refractivity contribution in [3.8, 4) is 0 Å². The van der Waals surface area contributed by atoms with Gasteiger partial charge in [0.1, 0.15) is 0 Å². The van der Waals surface area contributed by atoms with Crippen molar-refractivity contribution in [2.45, 2.75) is 0 Å². The van der Waals surface area contributed by atoms with Crippen LogP contribution in [0.25, 0.3) is 0 Å². The van der Waals surface area contributed by atoms with Gasteiger partial charge in [-0.15, -0.1) is 0 Å². The van der Waals surface area contributed by atoms with Crippen molar-refractivity contribution in [1.82, 2.24) is 0 Å². The predicted molar refractivity (Wildman–Crippen MR) is 22.2 cm³/mol. The smallest absolute Gasteiger partial charge is 0.726 e. The van der Waals surface area contributed by atoms with Crippen LogP contribution < -0.4 is 29.6 Å². The summed E-state index contributed by atoms with van der Waals surface area (Å²) >= 11 is 0. The van der Waals surface area contributed by atoms with E-state index in [4.69, 9.17) is 27.0 Å². The van der Waals surface area contributed by atoms with Gasteiger partial charge in [0, 0.05) is 0 Å². The zero-order chi connectivity index (χ0) is 7.21. The van der Waals surface area contributed by atoms with Crippen molar-refractivity contribution in [3.05, 3.63) is 0 Å². The SMILES string of the molecule is O=PO.O=S(=O)([O-])O.[Na+]. The molecule has 2 N–H and O–H groups in total. The summed E-state index contributed by atoms with van der Waals surface area (Å²) < 4.78 is 41.3. The summed E-state index contributed by atoms with van der Waals surface area (Å²) in [5, 5.41) is 0. The molecule has 0 spiro atoms. The Labute approximate surface area is 75.4 Å². The fourth-order valence-electron chi connectivity index (χ4n) is 0. The van der Waals surface area contributed by atoms with Gasteiger partial charge in [-0.2, -0.15) is 0 Å². The van der Waals surface area contributed by atoms with Gasteiger partial charge in [-0.25, -0.2) is 13.0 Å². The molecule has 0 heterocycles. The van der Waals surface area contributed by atoms with Crippen LogP contribution in [0.5, 0.6) is 0 Å². The summed E-state index contributed by atoms with van der Waals surface area (Å²) in [5.41, 5.74) is 0. The molecule has 0 amide bonds. The van der Waals surface area contributed by atoms with Crippen LogP contribution in [0.3, 0.4) is 0 Å². The minimum absolute atomic E-state index is 0. The van der Waals surface area contributed by atoms with E-state index >= 15 is 0 Å². The van der Waals surface area contributed by atoms with Crippen LogP contribution in [0.4, 0.5) is 0 Å². The molecule has 0 saturated carbocycles. The van der Waals surface area contributed by atoms with Crippen molar-refractivity contribution in [2.75, 3.05) is 0 Å². The Morgan fingerprint density at radius 3 is 1.44 bits per heavy atom. The third kappa shape index (κ3) is 496. The molecular formula is H2NaO6PS. The third-order valence-electron chi connectivity index (χ3n) is 0. The topological polar surface area (TPSA) is 115 Å². The second-order valence-corrected chi connectivity index (χ2v) is 1.53. The molecule has 0 aliphatic heterocycles. The molecule has 9 heteroatoms. The van der Waals surface area contributed by atoms with E-state index in [2.05, 4.69) is 0 Å². The first-order chi connectivity index (χ1) is 3.41. The van der Waals surface area contributed by atoms with Crippen LogP contribution in [-0.4, -0.2) is 22.4 Å². The monoisotopic (exact) mass is 184 g/mol. The molecule has 0 saturated heterocycles. The molecule has 0 aromatic heterocycles. The Morgan fingerprint density at radius 1 is 1.44 bits per heavy atom. The van der Waals surface area contributed by atoms with Crippen LogP contribution in [0.2, 0.25) is 0 Å². The number of hydrogen-bond donors (Lipinski definition) is 2.